The lowest BCUT2D eigenvalue weighted by Gasteiger charge is -2.30. The van der Waals surface area contributed by atoms with E-state index in [4.69, 9.17) is 5.73 Å². The van der Waals surface area contributed by atoms with Gasteiger partial charge in [0.2, 0.25) is 0 Å². The molecule has 2 rings (SSSR count). The second kappa shape index (κ2) is 2.54. The first-order chi connectivity index (χ1) is 4.88. The van der Waals surface area contributed by atoms with Crippen molar-refractivity contribution in [1.82, 2.24) is 0 Å². The van der Waals surface area contributed by atoms with Gasteiger partial charge in [-0.05, 0) is 24.7 Å². The van der Waals surface area contributed by atoms with Gasteiger partial charge in [-0.2, -0.15) is 0 Å². The van der Waals surface area contributed by atoms with Crippen LogP contribution in [0, 0.1) is 11.8 Å². The molecule has 1 nitrogen and oxygen atoms in total. The molecule has 0 aromatic rings. The smallest absolute Gasteiger partial charge is 0.00698 e. The van der Waals surface area contributed by atoms with E-state index in [0.717, 1.165) is 11.8 Å². The van der Waals surface area contributed by atoms with Crippen LogP contribution in [0.15, 0.2) is 0 Å². The Bertz CT molecular complexity index is 122. The Labute approximate surface area is 63.0 Å². The van der Waals surface area contributed by atoms with Gasteiger partial charge in [-0.15, -0.1) is 0 Å². The lowest BCUT2D eigenvalue weighted by atomic mass is 9.78. The number of hydrogen-bond donors (Lipinski definition) is 1. The van der Waals surface area contributed by atoms with Crippen molar-refractivity contribution in [3.05, 3.63) is 0 Å². The van der Waals surface area contributed by atoms with Crippen molar-refractivity contribution in [3.63, 3.8) is 0 Å². The molecule has 10 heavy (non-hydrogen) atoms. The predicted octanol–water partition coefficient (Wildman–Crippen LogP) is 1.91. The first kappa shape index (κ1) is 6.66. The van der Waals surface area contributed by atoms with Crippen LogP contribution in [-0.2, 0) is 0 Å². The first-order valence-corrected chi connectivity index (χ1v) is 4.63. The molecule has 3 atom stereocenters. The summed E-state index contributed by atoms with van der Waals surface area (Å²) in [4.78, 5) is 0. The quantitative estimate of drug-likeness (QED) is 0.545. The summed E-state index contributed by atoms with van der Waals surface area (Å²) in [7, 11) is 0. The first-order valence-electron chi connectivity index (χ1n) is 4.63. The summed E-state index contributed by atoms with van der Waals surface area (Å²) in [6, 6.07) is 0.557. The molecule has 0 amide bonds. The molecule has 0 bridgehead atoms. The van der Waals surface area contributed by atoms with Crippen LogP contribution in [0.25, 0.3) is 0 Å². The monoisotopic (exact) mass is 139 g/mol. The largest absolute Gasteiger partial charge is 0.327 e. The highest BCUT2D eigenvalue weighted by Gasteiger charge is 2.34. The molecule has 1 heteroatoms. The fourth-order valence-electron chi connectivity index (χ4n) is 2.82. The van der Waals surface area contributed by atoms with Crippen molar-refractivity contribution in [2.45, 2.75) is 44.6 Å². The molecule has 2 aliphatic rings. The third-order valence-electron chi connectivity index (χ3n) is 3.38. The molecule has 1 unspecified atom stereocenters. The minimum atomic E-state index is 0.557. The Morgan fingerprint density at radius 3 is 2.30 bits per heavy atom. The minimum Gasteiger partial charge on any atom is -0.327 e. The van der Waals surface area contributed by atoms with Gasteiger partial charge < -0.3 is 5.73 Å². The molecular formula is C9H17N. The Balaban J connectivity index is 2.03. The normalized spacial score (nSPS) is 47.1. The zero-order valence-electron chi connectivity index (χ0n) is 6.55. The van der Waals surface area contributed by atoms with E-state index in [-0.39, 0.29) is 0 Å². The topological polar surface area (TPSA) is 26.0 Å². The van der Waals surface area contributed by atoms with E-state index in [9.17, 15) is 0 Å². The molecule has 2 fully saturated rings. The maximum Gasteiger partial charge on any atom is 0.00698 e. The molecule has 0 aromatic heterocycles. The van der Waals surface area contributed by atoms with Gasteiger partial charge in [-0.1, -0.05) is 25.7 Å². The molecule has 0 aromatic carbocycles. The van der Waals surface area contributed by atoms with Crippen molar-refractivity contribution >= 4 is 0 Å². The Morgan fingerprint density at radius 2 is 1.60 bits per heavy atom. The Kier molecular flexibility index (Phi) is 1.69. The van der Waals surface area contributed by atoms with Crippen LogP contribution in [-0.4, -0.2) is 6.04 Å². The van der Waals surface area contributed by atoms with Crippen LogP contribution in [0.3, 0.4) is 0 Å². The van der Waals surface area contributed by atoms with Gasteiger partial charge in [0.1, 0.15) is 0 Å². The van der Waals surface area contributed by atoms with E-state index in [1.54, 1.807) is 0 Å². The summed E-state index contributed by atoms with van der Waals surface area (Å²) in [5.74, 6) is 1.93. The third kappa shape index (κ3) is 0.968. The highest BCUT2D eigenvalue weighted by Crippen LogP contribution is 2.41. The zero-order chi connectivity index (χ0) is 6.97. The number of rotatable bonds is 0. The van der Waals surface area contributed by atoms with Gasteiger partial charge in [0.15, 0.2) is 0 Å². The van der Waals surface area contributed by atoms with Crippen LogP contribution in [0.4, 0.5) is 0 Å². The average molecular weight is 139 g/mol. The standard InChI is InChI=1S/C9H17N/c10-9-6-2-4-7-3-1-5-8(7)9/h7-9H,1-6,10H2/t7-,8+,9?/m1/s1. The second-order valence-corrected chi connectivity index (χ2v) is 3.95. The third-order valence-corrected chi connectivity index (χ3v) is 3.38. The predicted molar refractivity (Wildman–Crippen MR) is 42.7 cm³/mol. The Hall–Kier alpha value is -0.0400. The summed E-state index contributed by atoms with van der Waals surface area (Å²) < 4.78 is 0. The van der Waals surface area contributed by atoms with Gasteiger partial charge in [-0.3, -0.25) is 0 Å². The summed E-state index contributed by atoms with van der Waals surface area (Å²) in [5.41, 5.74) is 6.02. The minimum absolute atomic E-state index is 0.557. The van der Waals surface area contributed by atoms with Crippen molar-refractivity contribution in [1.29, 1.82) is 0 Å². The van der Waals surface area contributed by atoms with Crippen molar-refractivity contribution in [3.8, 4) is 0 Å². The molecule has 0 saturated heterocycles. The van der Waals surface area contributed by atoms with E-state index < -0.39 is 0 Å². The number of nitrogens with two attached hydrogens (primary N) is 1. The molecule has 2 saturated carbocycles. The van der Waals surface area contributed by atoms with Crippen LogP contribution in [0.2, 0.25) is 0 Å². The summed E-state index contributed by atoms with van der Waals surface area (Å²) in [5, 5.41) is 0. The fourth-order valence-corrected chi connectivity index (χ4v) is 2.82. The average Bonchev–Trinajstić information content (AvgIpc) is 2.36. The molecule has 58 valence electrons. The molecule has 0 radical (unpaired) electrons. The van der Waals surface area contributed by atoms with Crippen LogP contribution < -0.4 is 5.73 Å². The van der Waals surface area contributed by atoms with E-state index in [0.29, 0.717) is 6.04 Å². The van der Waals surface area contributed by atoms with E-state index >= 15 is 0 Å². The van der Waals surface area contributed by atoms with E-state index in [1.165, 1.54) is 38.5 Å². The lowest BCUT2D eigenvalue weighted by Crippen LogP contribution is -2.35. The van der Waals surface area contributed by atoms with Gasteiger partial charge in [0, 0.05) is 6.04 Å². The summed E-state index contributed by atoms with van der Waals surface area (Å²) >= 11 is 0. The van der Waals surface area contributed by atoms with Crippen LogP contribution >= 0.6 is 0 Å². The molecule has 0 spiro atoms. The fraction of sp³-hybridized carbons (Fsp3) is 1.00. The van der Waals surface area contributed by atoms with E-state index in [2.05, 4.69) is 0 Å². The molecular weight excluding hydrogens is 122 g/mol. The van der Waals surface area contributed by atoms with E-state index in [1.807, 2.05) is 0 Å². The molecule has 2 aliphatic carbocycles. The van der Waals surface area contributed by atoms with Gasteiger partial charge in [0.25, 0.3) is 0 Å². The molecule has 0 heterocycles. The van der Waals surface area contributed by atoms with Crippen molar-refractivity contribution in [2.24, 2.45) is 17.6 Å². The summed E-state index contributed by atoms with van der Waals surface area (Å²) in [6.07, 6.45) is 8.50. The highest BCUT2D eigenvalue weighted by atomic mass is 14.7. The van der Waals surface area contributed by atoms with Gasteiger partial charge in [-0.25, -0.2) is 0 Å². The van der Waals surface area contributed by atoms with Gasteiger partial charge in [0.05, 0.1) is 0 Å². The summed E-state index contributed by atoms with van der Waals surface area (Å²) in [6.45, 7) is 0. The van der Waals surface area contributed by atoms with Crippen LogP contribution in [0.1, 0.15) is 38.5 Å². The van der Waals surface area contributed by atoms with Crippen molar-refractivity contribution < 1.29 is 0 Å². The maximum absolute atomic E-state index is 6.02. The molecule has 0 aliphatic heterocycles. The lowest BCUT2D eigenvalue weighted by molar-refractivity contribution is 0.240. The SMILES string of the molecule is NC1CCC[C@H]2CCC[C@H]12. The Morgan fingerprint density at radius 1 is 0.900 bits per heavy atom. The van der Waals surface area contributed by atoms with Crippen LogP contribution in [0.5, 0.6) is 0 Å². The second-order valence-electron chi connectivity index (χ2n) is 3.95. The molecule has 2 N–H and O–H groups in total. The number of hydrogen-bond acceptors (Lipinski definition) is 1. The zero-order valence-corrected chi connectivity index (χ0v) is 6.55. The highest BCUT2D eigenvalue weighted by molar-refractivity contribution is 4.88. The number of fused-ring (bicyclic) bond motifs is 1. The van der Waals surface area contributed by atoms with Gasteiger partial charge >= 0.3 is 0 Å². The van der Waals surface area contributed by atoms with Crippen molar-refractivity contribution in [2.75, 3.05) is 0 Å². The maximum atomic E-state index is 6.02.